The Labute approximate surface area is 65.3 Å². The van der Waals surface area contributed by atoms with Gasteiger partial charge in [0.25, 0.3) is 0 Å². The van der Waals surface area contributed by atoms with Crippen LogP contribution in [0.25, 0.3) is 0 Å². The van der Waals surface area contributed by atoms with Crippen molar-refractivity contribution in [1.29, 1.82) is 0 Å². The van der Waals surface area contributed by atoms with E-state index in [1.807, 2.05) is 6.92 Å². The molecule has 0 heterocycles. The van der Waals surface area contributed by atoms with Gasteiger partial charge in [-0.1, -0.05) is 20.3 Å². The largest absolute Gasteiger partial charge is 0.312 e. The molecule has 56 valence electrons. The summed E-state index contributed by atoms with van der Waals surface area (Å²) in [5.74, 6) is -1.88. The van der Waals surface area contributed by atoms with Crippen molar-refractivity contribution >= 4 is 21.3 Å². The van der Waals surface area contributed by atoms with Gasteiger partial charge in [0.15, 0.2) is 0 Å². The molecular formula is C6H14BrOP. The molecule has 0 aliphatic rings. The van der Waals surface area contributed by atoms with Gasteiger partial charge in [0, 0.05) is 12.3 Å². The number of hydrogen-bond donors (Lipinski definition) is 0. The van der Waals surface area contributed by atoms with E-state index in [2.05, 4.69) is 22.4 Å². The summed E-state index contributed by atoms with van der Waals surface area (Å²) in [6, 6.07) is 0. The fourth-order valence-electron chi connectivity index (χ4n) is 0.552. The molecule has 0 aromatic rings. The van der Waals surface area contributed by atoms with Crippen molar-refractivity contribution in [3.8, 4) is 0 Å². The maximum atomic E-state index is 11.3. The molecule has 0 saturated heterocycles. The van der Waals surface area contributed by atoms with Crippen molar-refractivity contribution in [2.45, 2.75) is 26.7 Å². The first-order valence-electron chi connectivity index (χ1n) is 3.40. The van der Waals surface area contributed by atoms with Crippen LogP contribution in [0, 0.1) is 0 Å². The highest BCUT2D eigenvalue weighted by atomic mass is 79.9. The van der Waals surface area contributed by atoms with E-state index in [0.29, 0.717) is 0 Å². The van der Waals surface area contributed by atoms with Crippen molar-refractivity contribution in [3.63, 3.8) is 0 Å². The predicted octanol–water partition coefficient (Wildman–Crippen LogP) is 3.48. The van der Waals surface area contributed by atoms with Crippen molar-refractivity contribution < 1.29 is 4.57 Å². The van der Waals surface area contributed by atoms with E-state index in [1.165, 1.54) is 0 Å². The molecule has 3 heteroatoms. The number of halogens is 1. The monoisotopic (exact) mass is 212 g/mol. The van der Waals surface area contributed by atoms with Gasteiger partial charge >= 0.3 is 0 Å². The zero-order valence-corrected chi connectivity index (χ0v) is 8.54. The first kappa shape index (κ1) is 9.71. The average Bonchev–Trinajstić information content (AvgIpc) is 1.84. The van der Waals surface area contributed by atoms with Gasteiger partial charge in [-0.05, 0) is 21.9 Å². The highest BCUT2D eigenvalue weighted by Crippen LogP contribution is 2.53. The molecule has 1 nitrogen and oxygen atoms in total. The predicted molar refractivity (Wildman–Crippen MR) is 46.8 cm³/mol. The summed E-state index contributed by atoms with van der Waals surface area (Å²) in [6.07, 6.45) is 3.86. The summed E-state index contributed by atoms with van der Waals surface area (Å²) < 4.78 is 11.3. The van der Waals surface area contributed by atoms with E-state index in [9.17, 15) is 4.57 Å². The quantitative estimate of drug-likeness (QED) is 0.653. The van der Waals surface area contributed by atoms with Crippen LogP contribution in [-0.2, 0) is 4.57 Å². The summed E-state index contributed by atoms with van der Waals surface area (Å²) in [7, 11) is 0. The number of rotatable bonds is 4. The lowest BCUT2D eigenvalue weighted by Gasteiger charge is -2.04. The molecule has 0 spiro atoms. The topological polar surface area (TPSA) is 17.1 Å². The Morgan fingerprint density at radius 1 is 1.44 bits per heavy atom. The standard InChI is InChI=1S/C6H14BrOP/c1-3-5-6-9(7,8)4-2/h3-6H2,1-2H3. The van der Waals surface area contributed by atoms with Crippen molar-refractivity contribution in [2.75, 3.05) is 12.3 Å². The summed E-state index contributed by atoms with van der Waals surface area (Å²) >= 11 is 3.24. The van der Waals surface area contributed by atoms with E-state index in [1.54, 1.807) is 0 Å². The van der Waals surface area contributed by atoms with Crippen LogP contribution in [0.2, 0.25) is 0 Å². The molecule has 1 atom stereocenters. The van der Waals surface area contributed by atoms with E-state index in [-0.39, 0.29) is 0 Å². The molecule has 1 unspecified atom stereocenters. The van der Waals surface area contributed by atoms with Crippen molar-refractivity contribution in [3.05, 3.63) is 0 Å². The average molecular weight is 213 g/mol. The molecule has 0 fully saturated rings. The fourth-order valence-corrected chi connectivity index (χ4v) is 2.41. The van der Waals surface area contributed by atoms with Crippen molar-refractivity contribution in [2.24, 2.45) is 0 Å². The minimum atomic E-state index is -1.88. The minimum Gasteiger partial charge on any atom is -0.312 e. The Morgan fingerprint density at radius 3 is 2.33 bits per heavy atom. The van der Waals surface area contributed by atoms with Crippen LogP contribution < -0.4 is 0 Å². The Bertz CT molecular complexity index is 114. The van der Waals surface area contributed by atoms with E-state index >= 15 is 0 Å². The highest BCUT2D eigenvalue weighted by Gasteiger charge is 2.12. The van der Waals surface area contributed by atoms with E-state index in [0.717, 1.165) is 25.2 Å². The Balaban J connectivity index is 3.46. The summed E-state index contributed by atoms with van der Waals surface area (Å²) in [5.41, 5.74) is 0. The van der Waals surface area contributed by atoms with Gasteiger partial charge in [0.1, 0.15) is 5.84 Å². The molecule has 0 rings (SSSR count). The summed E-state index contributed by atoms with van der Waals surface area (Å²) in [5, 5.41) is 0. The molecule has 0 saturated carbocycles. The molecule has 0 aromatic heterocycles. The first-order chi connectivity index (χ1) is 4.12. The van der Waals surface area contributed by atoms with Gasteiger partial charge < -0.3 is 4.57 Å². The molecule has 0 bridgehead atoms. The minimum absolute atomic E-state index is 0.785. The maximum absolute atomic E-state index is 11.3. The SMILES string of the molecule is CCCCP(=O)(Br)CC. The lowest BCUT2D eigenvalue weighted by atomic mass is 10.4. The molecule has 0 radical (unpaired) electrons. The third-order valence-electron chi connectivity index (χ3n) is 1.32. The van der Waals surface area contributed by atoms with E-state index < -0.39 is 5.84 Å². The smallest absolute Gasteiger partial charge is 0.147 e. The second-order valence-electron chi connectivity index (χ2n) is 2.18. The molecule has 0 aliphatic carbocycles. The van der Waals surface area contributed by atoms with Crippen LogP contribution in [0.4, 0.5) is 0 Å². The molecular weight excluding hydrogens is 199 g/mol. The van der Waals surface area contributed by atoms with Gasteiger partial charge in [-0.25, -0.2) is 0 Å². The second kappa shape index (κ2) is 4.51. The van der Waals surface area contributed by atoms with E-state index in [4.69, 9.17) is 0 Å². The van der Waals surface area contributed by atoms with Crippen LogP contribution in [0.5, 0.6) is 0 Å². The summed E-state index contributed by atoms with van der Waals surface area (Å²) in [6.45, 7) is 4.08. The lowest BCUT2D eigenvalue weighted by molar-refractivity contribution is 0.584. The van der Waals surface area contributed by atoms with Gasteiger partial charge in [-0.15, -0.1) is 0 Å². The fraction of sp³-hybridized carbons (Fsp3) is 1.00. The molecule has 0 aliphatic heterocycles. The second-order valence-corrected chi connectivity index (χ2v) is 8.72. The van der Waals surface area contributed by atoms with Gasteiger partial charge in [0.05, 0.1) is 0 Å². The van der Waals surface area contributed by atoms with Crippen LogP contribution in [-0.4, -0.2) is 12.3 Å². The maximum Gasteiger partial charge on any atom is 0.147 e. The normalized spacial score (nSPS) is 17.2. The highest BCUT2D eigenvalue weighted by molar-refractivity contribution is 9.40. The zero-order valence-electron chi connectivity index (χ0n) is 6.06. The lowest BCUT2D eigenvalue weighted by Crippen LogP contribution is -1.84. The molecule has 0 aromatic carbocycles. The summed E-state index contributed by atoms with van der Waals surface area (Å²) in [4.78, 5) is 0. The third kappa shape index (κ3) is 5.17. The van der Waals surface area contributed by atoms with Crippen LogP contribution in [0.1, 0.15) is 26.7 Å². The van der Waals surface area contributed by atoms with Gasteiger partial charge in [-0.3, -0.25) is 0 Å². The van der Waals surface area contributed by atoms with Crippen LogP contribution >= 0.6 is 21.3 Å². The van der Waals surface area contributed by atoms with Crippen molar-refractivity contribution in [1.82, 2.24) is 0 Å². The molecule has 0 amide bonds. The van der Waals surface area contributed by atoms with Crippen LogP contribution in [0.15, 0.2) is 0 Å². The first-order valence-corrected chi connectivity index (χ1v) is 7.49. The zero-order chi connectivity index (χ0) is 7.33. The van der Waals surface area contributed by atoms with Gasteiger partial charge in [0.2, 0.25) is 0 Å². The Morgan fingerprint density at radius 2 is 2.00 bits per heavy atom. The third-order valence-corrected chi connectivity index (χ3v) is 5.81. The molecule has 9 heavy (non-hydrogen) atoms. The Kier molecular flexibility index (Phi) is 4.87. The number of hydrogen-bond acceptors (Lipinski definition) is 1. The molecule has 0 N–H and O–H groups in total. The Hall–Kier alpha value is 0.710. The van der Waals surface area contributed by atoms with Crippen LogP contribution in [0.3, 0.4) is 0 Å². The van der Waals surface area contributed by atoms with Gasteiger partial charge in [-0.2, -0.15) is 0 Å². The number of unbranched alkanes of at least 4 members (excludes halogenated alkanes) is 1.